The highest BCUT2D eigenvalue weighted by molar-refractivity contribution is 5.29. The number of aryl methyl sites for hydroxylation is 1. The van der Waals surface area contributed by atoms with Gasteiger partial charge in [0.1, 0.15) is 6.10 Å². The molecule has 0 saturated heterocycles. The van der Waals surface area contributed by atoms with E-state index < -0.39 is 6.10 Å². The molecule has 0 radical (unpaired) electrons. The predicted molar refractivity (Wildman–Crippen MR) is 67.8 cm³/mol. The van der Waals surface area contributed by atoms with Crippen LogP contribution in [0.15, 0.2) is 36.8 Å². The molecule has 0 amide bonds. The molecule has 3 heteroatoms. The van der Waals surface area contributed by atoms with Gasteiger partial charge in [-0.3, -0.25) is 0 Å². The van der Waals surface area contributed by atoms with Crippen molar-refractivity contribution in [1.29, 1.82) is 0 Å². The van der Waals surface area contributed by atoms with E-state index in [1.165, 1.54) is 5.56 Å². The minimum atomic E-state index is -0.608. The van der Waals surface area contributed by atoms with Gasteiger partial charge in [-0.05, 0) is 17.0 Å². The highest BCUT2D eigenvalue weighted by Gasteiger charge is 2.13. The van der Waals surface area contributed by atoms with Crippen molar-refractivity contribution < 1.29 is 5.11 Å². The Bertz CT molecular complexity index is 485. The second-order valence-electron chi connectivity index (χ2n) is 4.65. The zero-order valence-corrected chi connectivity index (χ0v) is 10.5. The number of hydrogen-bond donors (Lipinski definition) is 1. The van der Waals surface area contributed by atoms with Crippen LogP contribution in [0.4, 0.5) is 0 Å². The van der Waals surface area contributed by atoms with E-state index in [1.807, 2.05) is 23.7 Å². The average Bonchev–Trinajstić information content (AvgIpc) is 2.74. The van der Waals surface area contributed by atoms with E-state index in [0.717, 1.165) is 11.3 Å². The maximum absolute atomic E-state index is 10.2. The molecule has 1 atom stereocenters. The van der Waals surface area contributed by atoms with Gasteiger partial charge in [0.05, 0.1) is 18.2 Å². The minimum Gasteiger partial charge on any atom is -0.382 e. The number of aromatic nitrogens is 2. The van der Waals surface area contributed by atoms with Gasteiger partial charge in [0.15, 0.2) is 0 Å². The Labute approximate surface area is 102 Å². The first-order valence-corrected chi connectivity index (χ1v) is 5.83. The monoisotopic (exact) mass is 230 g/mol. The van der Waals surface area contributed by atoms with Crippen molar-refractivity contribution in [2.24, 2.45) is 7.05 Å². The Balaban J connectivity index is 2.26. The smallest absolute Gasteiger partial charge is 0.121 e. The zero-order valence-electron chi connectivity index (χ0n) is 10.5. The molecular weight excluding hydrogens is 212 g/mol. The Morgan fingerprint density at radius 1 is 1.12 bits per heavy atom. The van der Waals surface area contributed by atoms with Gasteiger partial charge < -0.3 is 9.67 Å². The standard InChI is InChI=1S/C14H18N2O/c1-10(2)11-4-6-12(7-5-11)14(17)13-8-15-9-16(13)3/h4-10,14,17H,1-3H3. The summed E-state index contributed by atoms with van der Waals surface area (Å²) in [5.41, 5.74) is 2.99. The van der Waals surface area contributed by atoms with Crippen molar-refractivity contribution in [3.8, 4) is 0 Å². The molecule has 0 aliphatic heterocycles. The van der Waals surface area contributed by atoms with Crippen LogP contribution < -0.4 is 0 Å². The van der Waals surface area contributed by atoms with E-state index in [1.54, 1.807) is 12.5 Å². The largest absolute Gasteiger partial charge is 0.382 e. The van der Waals surface area contributed by atoms with Crippen molar-refractivity contribution >= 4 is 0 Å². The molecular formula is C14H18N2O. The Kier molecular flexibility index (Phi) is 3.29. The third-order valence-electron chi connectivity index (χ3n) is 3.05. The van der Waals surface area contributed by atoms with Gasteiger partial charge in [0.25, 0.3) is 0 Å². The van der Waals surface area contributed by atoms with Gasteiger partial charge in [-0.1, -0.05) is 38.1 Å². The Hall–Kier alpha value is -1.61. The maximum Gasteiger partial charge on any atom is 0.121 e. The first kappa shape index (κ1) is 11.9. The van der Waals surface area contributed by atoms with Crippen LogP contribution in [0.2, 0.25) is 0 Å². The lowest BCUT2D eigenvalue weighted by Crippen LogP contribution is -2.05. The molecule has 1 heterocycles. The summed E-state index contributed by atoms with van der Waals surface area (Å²) in [5.74, 6) is 0.512. The third kappa shape index (κ3) is 2.39. The lowest BCUT2D eigenvalue weighted by atomic mass is 9.99. The second kappa shape index (κ2) is 4.72. The summed E-state index contributed by atoms with van der Waals surface area (Å²) in [6.07, 6.45) is 2.78. The third-order valence-corrected chi connectivity index (χ3v) is 3.05. The number of rotatable bonds is 3. The number of imidazole rings is 1. The van der Waals surface area contributed by atoms with Gasteiger partial charge in [-0.15, -0.1) is 0 Å². The number of hydrogen-bond acceptors (Lipinski definition) is 2. The summed E-state index contributed by atoms with van der Waals surface area (Å²) in [4.78, 5) is 4.02. The van der Waals surface area contributed by atoms with Crippen LogP contribution in [0.1, 0.15) is 42.7 Å². The molecule has 90 valence electrons. The van der Waals surface area contributed by atoms with Crippen molar-refractivity contribution in [2.75, 3.05) is 0 Å². The van der Waals surface area contributed by atoms with E-state index in [4.69, 9.17) is 0 Å². The van der Waals surface area contributed by atoms with Crippen molar-refractivity contribution in [1.82, 2.24) is 9.55 Å². The highest BCUT2D eigenvalue weighted by Crippen LogP contribution is 2.23. The first-order chi connectivity index (χ1) is 8.09. The Morgan fingerprint density at radius 2 is 1.71 bits per heavy atom. The van der Waals surface area contributed by atoms with Crippen molar-refractivity contribution in [3.05, 3.63) is 53.6 Å². The van der Waals surface area contributed by atoms with Crippen molar-refractivity contribution in [2.45, 2.75) is 25.9 Å². The summed E-state index contributed by atoms with van der Waals surface area (Å²) in [6, 6.07) is 8.10. The quantitative estimate of drug-likeness (QED) is 0.880. The topological polar surface area (TPSA) is 38.1 Å². The predicted octanol–water partition coefficient (Wildman–Crippen LogP) is 2.63. The van der Waals surface area contributed by atoms with Gasteiger partial charge in [0.2, 0.25) is 0 Å². The SMILES string of the molecule is CC(C)c1ccc(C(O)c2cncn2C)cc1. The molecule has 0 fully saturated rings. The molecule has 0 saturated carbocycles. The minimum absolute atomic E-state index is 0.512. The van der Waals surface area contributed by atoms with Crippen molar-refractivity contribution in [3.63, 3.8) is 0 Å². The molecule has 2 rings (SSSR count). The van der Waals surface area contributed by atoms with Crippen LogP contribution in [-0.2, 0) is 7.05 Å². The average molecular weight is 230 g/mol. The van der Waals surface area contributed by atoms with Crippen LogP contribution in [0, 0.1) is 0 Å². The zero-order chi connectivity index (χ0) is 12.4. The fraction of sp³-hybridized carbons (Fsp3) is 0.357. The maximum atomic E-state index is 10.2. The van der Waals surface area contributed by atoms with Gasteiger partial charge in [0, 0.05) is 7.05 Å². The number of aliphatic hydroxyl groups is 1. The number of benzene rings is 1. The lowest BCUT2D eigenvalue weighted by molar-refractivity contribution is 0.211. The summed E-state index contributed by atoms with van der Waals surface area (Å²) in [7, 11) is 1.88. The van der Waals surface area contributed by atoms with E-state index in [9.17, 15) is 5.11 Å². The van der Waals surface area contributed by atoms with E-state index in [2.05, 4.69) is 31.0 Å². The molecule has 1 aromatic carbocycles. The number of nitrogens with zero attached hydrogens (tertiary/aromatic N) is 2. The summed E-state index contributed by atoms with van der Waals surface area (Å²) in [6.45, 7) is 4.32. The fourth-order valence-electron chi connectivity index (χ4n) is 1.86. The molecule has 3 nitrogen and oxygen atoms in total. The van der Waals surface area contributed by atoms with Crippen LogP contribution in [0.3, 0.4) is 0 Å². The summed E-state index contributed by atoms with van der Waals surface area (Å²) in [5, 5.41) is 10.2. The molecule has 2 aromatic rings. The molecule has 0 aliphatic rings. The van der Waals surface area contributed by atoms with E-state index in [0.29, 0.717) is 5.92 Å². The van der Waals surface area contributed by atoms with Crippen LogP contribution >= 0.6 is 0 Å². The molecule has 0 bridgehead atoms. The molecule has 0 spiro atoms. The number of aliphatic hydroxyl groups excluding tert-OH is 1. The fourth-order valence-corrected chi connectivity index (χ4v) is 1.86. The van der Waals surface area contributed by atoms with Crippen LogP contribution in [-0.4, -0.2) is 14.7 Å². The Morgan fingerprint density at radius 3 is 2.18 bits per heavy atom. The van der Waals surface area contributed by atoms with Gasteiger partial charge >= 0.3 is 0 Å². The molecule has 1 N–H and O–H groups in total. The molecule has 0 aliphatic carbocycles. The van der Waals surface area contributed by atoms with Gasteiger partial charge in [-0.2, -0.15) is 0 Å². The van der Waals surface area contributed by atoms with E-state index in [-0.39, 0.29) is 0 Å². The van der Waals surface area contributed by atoms with Crippen LogP contribution in [0.25, 0.3) is 0 Å². The second-order valence-corrected chi connectivity index (χ2v) is 4.65. The van der Waals surface area contributed by atoms with Crippen LogP contribution in [0.5, 0.6) is 0 Å². The molecule has 1 unspecified atom stereocenters. The summed E-state index contributed by atoms with van der Waals surface area (Å²) >= 11 is 0. The molecule has 17 heavy (non-hydrogen) atoms. The lowest BCUT2D eigenvalue weighted by Gasteiger charge is -2.13. The normalized spacial score (nSPS) is 13.0. The summed E-state index contributed by atoms with van der Waals surface area (Å²) < 4.78 is 1.83. The van der Waals surface area contributed by atoms with E-state index >= 15 is 0 Å². The van der Waals surface area contributed by atoms with Gasteiger partial charge in [-0.25, -0.2) is 4.98 Å². The molecule has 1 aromatic heterocycles. The highest BCUT2D eigenvalue weighted by atomic mass is 16.3. The first-order valence-electron chi connectivity index (χ1n) is 5.83.